The summed E-state index contributed by atoms with van der Waals surface area (Å²) >= 11 is 0. The fraction of sp³-hybridized carbons (Fsp3) is 0.939. The van der Waals surface area contributed by atoms with Crippen LogP contribution in [0.3, 0.4) is 0 Å². The number of esters is 3. The second kappa shape index (κ2) is 40.6. The molecule has 0 amide bonds. The molecule has 0 N–H and O–H groups in total. The molecule has 0 aliphatic heterocycles. The van der Waals surface area contributed by atoms with Crippen LogP contribution >= 0.6 is 0 Å². The molecular weight excluding hydrogens is 685 g/mol. The van der Waals surface area contributed by atoms with Crippen molar-refractivity contribution in [1.82, 2.24) is 0 Å². The molecule has 0 aromatic rings. The minimum atomic E-state index is -0.762. The number of ether oxygens (including phenoxy) is 3. The number of carbonyl (C=O) groups is 3. The van der Waals surface area contributed by atoms with Gasteiger partial charge in [-0.15, -0.1) is 0 Å². The zero-order valence-electron chi connectivity index (χ0n) is 37.7. The highest BCUT2D eigenvalue weighted by Crippen LogP contribution is 2.17. The molecule has 0 unspecified atom stereocenters. The molecule has 326 valence electrons. The fourth-order valence-corrected chi connectivity index (χ4v) is 7.23. The van der Waals surface area contributed by atoms with Gasteiger partial charge in [0.2, 0.25) is 0 Å². The van der Waals surface area contributed by atoms with Crippen molar-refractivity contribution in [2.24, 2.45) is 17.8 Å². The first-order valence-electron chi connectivity index (χ1n) is 24.1. The maximum absolute atomic E-state index is 12.7. The van der Waals surface area contributed by atoms with Crippen LogP contribution in [0.5, 0.6) is 0 Å². The lowest BCUT2D eigenvalue weighted by atomic mass is 10.0. The zero-order chi connectivity index (χ0) is 40.6. The van der Waals surface area contributed by atoms with E-state index in [4.69, 9.17) is 14.2 Å². The van der Waals surface area contributed by atoms with Crippen molar-refractivity contribution in [2.45, 2.75) is 266 Å². The van der Waals surface area contributed by atoms with Crippen molar-refractivity contribution < 1.29 is 28.6 Å². The Morgan fingerprint density at radius 2 is 0.527 bits per heavy atom. The van der Waals surface area contributed by atoms with Crippen molar-refractivity contribution in [2.75, 3.05) is 13.2 Å². The molecule has 0 aliphatic rings. The Bertz CT molecular complexity index is 852. The van der Waals surface area contributed by atoms with Crippen LogP contribution in [0.2, 0.25) is 0 Å². The van der Waals surface area contributed by atoms with Crippen LogP contribution in [0.25, 0.3) is 0 Å². The molecule has 0 aromatic carbocycles. The van der Waals surface area contributed by atoms with Crippen molar-refractivity contribution in [3.8, 4) is 0 Å². The Labute approximate surface area is 342 Å². The van der Waals surface area contributed by atoms with Gasteiger partial charge in [-0.1, -0.05) is 221 Å². The van der Waals surface area contributed by atoms with E-state index in [1.54, 1.807) is 0 Å². The highest BCUT2D eigenvalue weighted by molar-refractivity contribution is 5.71. The van der Waals surface area contributed by atoms with Gasteiger partial charge in [0, 0.05) is 19.3 Å². The Morgan fingerprint density at radius 3 is 0.782 bits per heavy atom. The van der Waals surface area contributed by atoms with Crippen LogP contribution in [0, 0.1) is 17.8 Å². The molecule has 55 heavy (non-hydrogen) atoms. The SMILES string of the molecule is CC(C)CCCCCCCCCCCCCC(=O)O[C@@H](COC(=O)CCCCCCCCCCCCC(C)C)COC(=O)CCCCCCCCCC(C)C. The first-order valence-corrected chi connectivity index (χ1v) is 24.1. The lowest BCUT2D eigenvalue weighted by Gasteiger charge is -2.18. The van der Waals surface area contributed by atoms with E-state index in [2.05, 4.69) is 41.5 Å². The molecule has 1 atom stereocenters. The number of hydrogen-bond acceptors (Lipinski definition) is 6. The Morgan fingerprint density at radius 1 is 0.309 bits per heavy atom. The molecule has 0 saturated carbocycles. The van der Waals surface area contributed by atoms with Crippen LogP contribution in [0.15, 0.2) is 0 Å². The lowest BCUT2D eigenvalue weighted by molar-refractivity contribution is -0.167. The van der Waals surface area contributed by atoms with Gasteiger partial charge in [0.05, 0.1) is 0 Å². The minimum absolute atomic E-state index is 0.0659. The van der Waals surface area contributed by atoms with Crippen molar-refractivity contribution in [3.63, 3.8) is 0 Å². The van der Waals surface area contributed by atoms with Gasteiger partial charge >= 0.3 is 17.9 Å². The van der Waals surface area contributed by atoms with E-state index in [-0.39, 0.29) is 31.1 Å². The molecule has 0 fully saturated rings. The van der Waals surface area contributed by atoms with E-state index in [0.717, 1.165) is 75.5 Å². The summed E-state index contributed by atoms with van der Waals surface area (Å²) in [6.45, 7) is 13.6. The maximum atomic E-state index is 12.7. The quantitative estimate of drug-likeness (QED) is 0.0349. The largest absolute Gasteiger partial charge is 0.462 e. The van der Waals surface area contributed by atoms with E-state index < -0.39 is 6.10 Å². The summed E-state index contributed by atoms with van der Waals surface area (Å²) in [4.78, 5) is 37.8. The molecule has 0 heterocycles. The van der Waals surface area contributed by atoms with E-state index in [1.807, 2.05) is 0 Å². The normalized spacial score (nSPS) is 12.2. The first-order chi connectivity index (χ1) is 26.6. The summed E-state index contributed by atoms with van der Waals surface area (Å²) in [5, 5.41) is 0. The minimum Gasteiger partial charge on any atom is -0.462 e. The van der Waals surface area contributed by atoms with Gasteiger partial charge in [0.1, 0.15) is 13.2 Å². The summed E-state index contributed by atoms with van der Waals surface area (Å²) in [5.41, 5.74) is 0. The summed E-state index contributed by atoms with van der Waals surface area (Å²) < 4.78 is 16.7. The Hall–Kier alpha value is -1.59. The van der Waals surface area contributed by atoms with Gasteiger partial charge in [0.15, 0.2) is 6.10 Å². The number of rotatable bonds is 42. The fourth-order valence-electron chi connectivity index (χ4n) is 7.23. The summed E-state index contributed by atoms with van der Waals surface area (Å²) in [6, 6.07) is 0. The Kier molecular flexibility index (Phi) is 39.4. The molecule has 0 rings (SSSR count). The van der Waals surface area contributed by atoms with Gasteiger partial charge in [-0.25, -0.2) is 0 Å². The molecule has 6 nitrogen and oxygen atoms in total. The number of carbonyl (C=O) groups excluding carboxylic acids is 3. The molecular formula is C49H94O6. The second-order valence-electron chi connectivity index (χ2n) is 18.2. The molecule has 0 bridgehead atoms. The average Bonchev–Trinajstić information content (AvgIpc) is 3.13. The van der Waals surface area contributed by atoms with Crippen molar-refractivity contribution in [1.29, 1.82) is 0 Å². The van der Waals surface area contributed by atoms with E-state index in [9.17, 15) is 14.4 Å². The molecule has 0 saturated heterocycles. The van der Waals surface area contributed by atoms with Crippen molar-refractivity contribution >= 4 is 17.9 Å². The van der Waals surface area contributed by atoms with Crippen molar-refractivity contribution in [3.05, 3.63) is 0 Å². The van der Waals surface area contributed by atoms with Gasteiger partial charge in [-0.2, -0.15) is 0 Å². The third-order valence-corrected chi connectivity index (χ3v) is 10.9. The predicted octanol–water partition coefficient (Wildman–Crippen LogP) is 15.2. The number of hydrogen-bond donors (Lipinski definition) is 0. The van der Waals surface area contributed by atoms with Crippen LogP contribution in [0.1, 0.15) is 260 Å². The van der Waals surface area contributed by atoms with E-state index >= 15 is 0 Å². The van der Waals surface area contributed by atoms with Gasteiger partial charge in [-0.3, -0.25) is 14.4 Å². The van der Waals surface area contributed by atoms with Gasteiger partial charge in [-0.05, 0) is 37.0 Å². The first kappa shape index (κ1) is 53.4. The summed E-state index contributed by atoms with van der Waals surface area (Å²) in [5.74, 6) is 1.56. The predicted molar refractivity (Wildman–Crippen MR) is 233 cm³/mol. The molecule has 0 spiro atoms. The summed E-state index contributed by atoms with van der Waals surface area (Å²) in [6.07, 6.45) is 38.1. The Balaban J connectivity index is 4.33. The molecule has 0 aliphatic carbocycles. The third kappa shape index (κ3) is 43.4. The van der Waals surface area contributed by atoms with E-state index in [1.165, 1.54) is 141 Å². The smallest absolute Gasteiger partial charge is 0.306 e. The number of unbranched alkanes of at least 4 members (excludes halogenated alkanes) is 25. The van der Waals surface area contributed by atoms with E-state index in [0.29, 0.717) is 19.3 Å². The second-order valence-corrected chi connectivity index (χ2v) is 18.2. The maximum Gasteiger partial charge on any atom is 0.306 e. The topological polar surface area (TPSA) is 78.9 Å². The van der Waals surface area contributed by atoms with Crippen LogP contribution in [-0.2, 0) is 28.6 Å². The van der Waals surface area contributed by atoms with Gasteiger partial charge in [0.25, 0.3) is 0 Å². The molecule has 6 heteroatoms. The lowest BCUT2D eigenvalue weighted by Crippen LogP contribution is -2.30. The van der Waals surface area contributed by atoms with Gasteiger partial charge < -0.3 is 14.2 Å². The zero-order valence-corrected chi connectivity index (χ0v) is 37.7. The van der Waals surface area contributed by atoms with Crippen LogP contribution < -0.4 is 0 Å². The highest BCUT2D eigenvalue weighted by Gasteiger charge is 2.19. The molecule has 0 aromatic heterocycles. The standard InChI is InChI=1S/C49H94O6/c1-43(2)35-29-23-17-12-8-7-9-15-21-28-34-40-49(52)55-46(42-54-48(51)39-33-27-22-16-19-25-31-37-45(5)6)41-53-47(50)38-32-26-20-14-11-10-13-18-24-30-36-44(3)4/h43-46H,7-42H2,1-6H3/t46-/m0/s1. The molecule has 0 radical (unpaired) electrons. The van der Waals surface area contributed by atoms with Crippen LogP contribution in [0.4, 0.5) is 0 Å². The summed E-state index contributed by atoms with van der Waals surface area (Å²) in [7, 11) is 0. The monoisotopic (exact) mass is 779 g/mol. The van der Waals surface area contributed by atoms with Crippen LogP contribution in [-0.4, -0.2) is 37.2 Å². The highest BCUT2D eigenvalue weighted by atomic mass is 16.6. The average molecular weight is 779 g/mol. The third-order valence-electron chi connectivity index (χ3n) is 10.9.